The van der Waals surface area contributed by atoms with Gasteiger partial charge in [0.25, 0.3) is 0 Å². The summed E-state index contributed by atoms with van der Waals surface area (Å²) >= 11 is 0. The maximum atomic E-state index is 12.2. The Morgan fingerprint density at radius 3 is 1.88 bits per heavy atom. The van der Waals surface area contributed by atoms with E-state index in [1.165, 1.54) is 4.90 Å². The van der Waals surface area contributed by atoms with Crippen LogP contribution >= 0.6 is 0 Å². The molecule has 17 heavy (non-hydrogen) atoms. The zero-order chi connectivity index (χ0) is 13.1. The molecule has 0 saturated carbocycles. The lowest BCUT2D eigenvalue weighted by atomic mass is 10.0. The zero-order valence-electron chi connectivity index (χ0n) is 10.6. The molecule has 1 aliphatic heterocycles. The standard InChI is InChI=1S/C11H22F3N3/c1-10(2,15)3-4-16-5-7-17(8-6-16)9-11(12,13)14/h3-9,15H2,1-2H3. The van der Waals surface area contributed by atoms with Crippen LogP contribution in [0.15, 0.2) is 0 Å². The first-order valence-corrected chi connectivity index (χ1v) is 5.96. The fraction of sp³-hybridized carbons (Fsp3) is 1.00. The summed E-state index contributed by atoms with van der Waals surface area (Å²) in [5, 5.41) is 0. The van der Waals surface area contributed by atoms with Crippen molar-refractivity contribution in [1.82, 2.24) is 9.80 Å². The number of rotatable bonds is 4. The molecular weight excluding hydrogens is 231 g/mol. The normalized spacial score (nSPS) is 20.8. The van der Waals surface area contributed by atoms with Gasteiger partial charge in [-0.25, -0.2) is 0 Å². The lowest BCUT2D eigenvalue weighted by Crippen LogP contribution is -2.50. The van der Waals surface area contributed by atoms with Crippen LogP contribution in [-0.2, 0) is 0 Å². The molecule has 102 valence electrons. The van der Waals surface area contributed by atoms with E-state index >= 15 is 0 Å². The highest BCUT2D eigenvalue weighted by Gasteiger charge is 2.32. The maximum absolute atomic E-state index is 12.2. The number of hydrogen-bond acceptors (Lipinski definition) is 3. The van der Waals surface area contributed by atoms with Crippen LogP contribution in [-0.4, -0.2) is 60.8 Å². The van der Waals surface area contributed by atoms with Crippen molar-refractivity contribution < 1.29 is 13.2 Å². The van der Waals surface area contributed by atoms with Crippen LogP contribution in [0.2, 0.25) is 0 Å². The van der Waals surface area contributed by atoms with E-state index in [0.717, 1.165) is 13.0 Å². The molecular formula is C11H22F3N3. The fourth-order valence-corrected chi connectivity index (χ4v) is 1.87. The second kappa shape index (κ2) is 5.54. The van der Waals surface area contributed by atoms with E-state index in [9.17, 15) is 13.2 Å². The third-order valence-electron chi connectivity index (χ3n) is 2.94. The molecule has 0 aromatic heterocycles. The molecule has 2 N–H and O–H groups in total. The smallest absolute Gasteiger partial charge is 0.326 e. The highest BCUT2D eigenvalue weighted by Crippen LogP contribution is 2.17. The van der Waals surface area contributed by atoms with E-state index in [2.05, 4.69) is 4.90 Å². The molecule has 1 fully saturated rings. The first-order chi connectivity index (χ1) is 7.66. The van der Waals surface area contributed by atoms with E-state index in [4.69, 9.17) is 5.73 Å². The molecule has 0 aromatic rings. The summed E-state index contributed by atoms with van der Waals surface area (Å²) < 4.78 is 36.5. The van der Waals surface area contributed by atoms with Crippen molar-refractivity contribution >= 4 is 0 Å². The molecule has 1 aliphatic rings. The molecule has 3 nitrogen and oxygen atoms in total. The number of hydrogen-bond donors (Lipinski definition) is 1. The second-order valence-electron chi connectivity index (χ2n) is 5.47. The molecule has 0 unspecified atom stereocenters. The molecule has 1 heterocycles. The first-order valence-electron chi connectivity index (χ1n) is 5.96. The summed E-state index contributed by atoms with van der Waals surface area (Å²) in [6, 6.07) is 0. The Kier molecular flexibility index (Phi) is 4.80. The van der Waals surface area contributed by atoms with Crippen LogP contribution in [0.25, 0.3) is 0 Å². The molecule has 0 atom stereocenters. The Morgan fingerprint density at radius 1 is 1.00 bits per heavy atom. The summed E-state index contributed by atoms with van der Waals surface area (Å²) in [7, 11) is 0. The first kappa shape index (κ1) is 14.7. The van der Waals surface area contributed by atoms with Crippen LogP contribution in [0.3, 0.4) is 0 Å². The van der Waals surface area contributed by atoms with Crippen LogP contribution in [0.5, 0.6) is 0 Å². The Bertz CT molecular complexity index is 227. The molecule has 0 amide bonds. The summed E-state index contributed by atoms with van der Waals surface area (Å²) in [6.45, 7) is 6.39. The van der Waals surface area contributed by atoms with Gasteiger partial charge in [-0.2, -0.15) is 13.2 Å². The van der Waals surface area contributed by atoms with Gasteiger partial charge in [0.1, 0.15) is 0 Å². The molecule has 0 aliphatic carbocycles. The number of nitrogens with two attached hydrogens (primary N) is 1. The molecule has 0 aromatic carbocycles. The van der Waals surface area contributed by atoms with Crippen molar-refractivity contribution in [2.75, 3.05) is 39.3 Å². The van der Waals surface area contributed by atoms with E-state index in [-0.39, 0.29) is 5.54 Å². The Morgan fingerprint density at radius 2 is 1.47 bits per heavy atom. The van der Waals surface area contributed by atoms with Gasteiger partial charge in [0.05, 0.1) is 6.54 Å². The monoisotopic (exact) mass is 253 g/mol. The van der Waals surface area contributed by atoms with E-state index in [1.807, 2.05) is 13.8 Å². The second-order valence-corrected chi connectivity index (χ2v) is 5.47. The van der Waals surface area contributed by atoms with Gasteiger partial charge in [0.2, 0.25) is 0 Å². The SMILES string of the molecule is CC(C)(N)CCN1CCN(CC(F)(F)F)CC1. The number of nitrogens with zero attached hydrogens (tertiary/aromatic N) is 2. The highest BCUT2D eigenvalue weighted by atomic mass is 19.4. The van der Waals surface area contributed by atoms with Crippen LogP contribution in [0, 0.1) is 0 Å². The fourth-order valence-electron chi connectivity index (χ4n) is 1.87. The summed E-state index contributed by atoms with van der Waals surface area (Å²) in [4.78, 5) is 3.64. The summed E-state index contributed by atoms with van der Waals surface area (Å²) in [5.74, 6) is 0. The van der Waals surface area contributed by atoms with Crippen molar-refractivity contribution in [2.24, 2.45) is 5.73 Å². The summed E-state index contributed by atoms with van der Waals surface area (Å²) in [5.41, 5.74) is 5.67. The maximum Gasteiger partial charge on any atom is 0.401 e. The van der Waals surface area contributed by atoms with Gasteiger partial charge < -0.3 is 10.6 Å². The van der Waals surface area contributed by atoms with Gasteiger partial charge >= 0.3 is 6.18 Å². The number of piperazine rings is 1. The Labute approximate surface area is 101 Å². The molecule has 0 bridgehead atoms. The average Bonchev–Trinajstić information content (AvgIpc) is 2.13. The summed E-state index contributed by atoms with van der Waals surface area (Å²) in [6.07, 6.45) is -3.21. The molecule has 1 saturated heterocycles. The third-order valence-corrected chi connectivity index (χ3v) is 2.94. The highest BCUT2D eigenvalue weighted by molar-refractivity contribution is 4.78. The van der Waals surface area contributed by atoms with Crippen LogP contribution in [0.4, 0.5) is 13.2 Å². The average molecular weight is 253 g/mol. The van der Waals surface area contributed by atoms with Crippen molar-refractivity contribution in [3.63, 3.8) is 0 Å². The molecule has 6 heteroatoms. The van der Waals surface area contributed by atoms with Gasteiger partial charge in [-0.05, 0) is 26.8 Å². The predicted molar refractivity (Wildman–Crippen MR) is 61.8 cm³/mol. The topological polar surface area (TPSA) is 32.5 Å². The van der Waals surface area contributed by atoms with E-state index < -0.39 is 12.7 Å². The van der Waals surface area contributed by atoms with Crippen molar-refractivity contribution in [2.45, 2.75) is 32.0 Å². The van der Waals surface area contributed by atoms with Gasteiger partial charge in [0, 0.05) is 31.7 Å². The van der Waals surface area contributed by atoms with Crippen molar-refractivity contribution in [3.8, 4) is 0 Å². The van der Waals surface area contributed by atoms with Gasteiger partial charge in [0.15, 0.2) is 0 Å². The van der Waals surface area contributed by atoms with Crippen molar-refractivity contribution in [3.05, 3.63) is 0 Å². The van der Waals surface area contributed by atoms with Crippen molar-refractivity contribution in [1.29, 1.82) is 0 Å². The molecule has 1 rings (SSSR count). The third kappa shape index (κ3) is 6.85. The van der Waals surface area contributed by atoms with E-state index in [0.29, 0.717) is 26.2 Å². The number of alkyl halides is 3. The lowest BCUT2D eigenvalue weighted by Gasteiger charge is -2.36. The quantitative estimate of drug-likeness (QED) is 0.819. The minimum atomic E-state index is -4.08. The lowest BCUT2D eigenvalue weighted by molar-refractivity contribution is -0.149. The van der Waals surface area contributed by atoms with Gasteiger partial charge in [-0.15, -0.1) is 0 Å². The minimum Gasteiger partial charge on any atom is -0.326 e. The van der Waals surface area contributed by atoms with Gasteiger partial charge in [-0.3, -0.25) is 4.90 Å². The zero-order valence-corrected chi connectivity index (χ0v) is 10.6. The van der Waals surface area contributed by atoms with Gasteiger partial charge in [-0.1, -0.05) is 0 Å². The van der Waals surface area contributed by atoms with E-state index in [1.54, 1.807) is 0 Å². The number of halogens is 3. The molecule has 0 radical (unpaired) electrons. The Hall–Kier alpha value is -0.330. The minimum absolute atomic E-state index is 0.205. The largest absolute Gasteiger partial charge is 0.401 e. The van der Waals surface area contributed by atoms with Crippen LogP contribution in [0.1, 0.15) is 20.3 Å². The molecule has 0 spiro atoms. The Balaban J connectivity index is 2.22. The predicted octanol–water partition coefficient (Wildman–Crippen LogP) is 1.29. The van der Waals surface area contributed by atoms with Crippen LogP contribution < -0.4 is 5.73 Å².